The Morgan fingerprint density at radius 2 is 2.04 bits per heavy atom. The van der Waals surface area contributed by atoms with Gasteiger partial charge in [-0.25, -0.2) is 9.18 Å². The number of nitrogens with zero attached hydrogens (tertiary/aromatic N) is 3. The van der Waals surface area contributed by atoms with Gasteiger partial charge in [-0.2, -0.15) is 0 Å². The molecule has 1 atom stereocenters. The van der Waals surface area contributed by atoms with Crippen molar-refractivity contribution in [3.8, 4) is 11.4 Å². The molecule has 1 fully saturated rings. The SMILES string of the molecule is CNC(=O)NC(=O)[C@H](C)Sc1nnc(-c2ccccc2F)n1C1CC1. The van der Waals surface area contributed by atoms with Crippen LogP contribution >= 0.6 is 11.8 Å². The van der Waals surface area contributed by atoms with Crippen LogP contribution in [0.5, 0.6) is 0 Å². The van der Waals surface area contributed by atoms with Crippen molar-refractivity contribution in [3.05, 3.63) is 30.1 Å². The van der Waals surface area contributed by atoms with E-state index in [9.17, 15) is 14.0 Å². The number of thioether (sulfide) groups is 1. The Hall–Kier alpha value is -2.42. The third-order valence-electron chi connectivity index (χ3n) is 3.81. The Balaban J connectivity index is 1.85. The molecule has 0 spiro atoms. The first-order valence-corrected chi connectivity index (χ1v) is 8.78. The summed E-state index contributed by atoms with van der Waals surface area (Å²) in [5.41, 5.74) is 0.385. The molecule has 25 heavy (non-hydrogen) atoms. The third-order valence-corrected chi connectivity index (χ3v) is 4.86. The van der Waals surface area contributed by atoms with Crippen LogP contribution in [0.4, 0.5) is 9.18 Å². The molecule has 0 radical (unpaired) electrons. The Kier molecular flexibility index (Phi) is 5.03. The summed E-state index contributed by atoms with van der Waals surface area (Å²) in [6.45, 7) is 1.68. The molecule has 0 bridgehead atoms. The highest BCUT2D eigenvalue weighted by Crippen LogP contribution is 2.42. The van der Waals surface area contributed by atoms with Crippen LogP contribution in [0.1, 0.15) is 25.8 Å². The van der Waals surface area contributed by atoms with Crippen molar-refractivity contribution in [1.29, 1.82) is 0 Å². The van der Waals surface area contributed by atoms with E-state index in [4.69, 9.17) is 0 Å². The van der Waals surface area contributed by atoms with E-state index >= 15 is 0 Å². The number of carbonyl (C=O) groups excluding carboxylic acids is 2. The highest BCUT2D eigenvalue weighted by molar-refractivity contribution is 8.00. The molecule has 0 unspecified atom stereocenters. The maximum Gasteiger partial charge on any atom is 0.321 e. The number of urea groups is 1. The van der Waals surface area contributed by atoms with Gasteiger partial charge in [0, 0.05) is 13.1 Å². The number of halogens is 1. The predicted molar refractivity (Wildman–Crippen MR) is 91.6 cm³/mol. The average molecular weight is 363 g/mol. The summed E-state index contributed by atoms with van der Waals surface area (Å²) in [5.74, 6) is -0.331. The van der Waals surface area contributed by atoms with Gasteiger partial charge in [-0.1, -0.05) is 23.9 Å². The fraction of sp³-hybridized carbons (Fsp3) is 0.375. The molecule has 7 nitrogen and oxygen atoms in total. The zero-order valence-corrected chi connectivity index (χ0v) is 14.6. The first-order valence-electron chi connectivity index (χ1n) is 7.90. The van der Waals surface area contributed by atoms with E-state index in [1.807, 2.05) is 4.57 Å². The Morgan fingerprint density at radius 3 is 2.68 bits per heavy atom. The van der Waals surface area contributed by atoms with Gasteiger partial charge in [0.25, 0.3) is 0 Å². The van der Waals surface area contributed by atoms with Gasteiger partial charge in [0.2, 0.25) is 5.91 Å². The van der Waals surface area contributed by atoms with Gasteiger partial charge >= 0.3 is 6.03 Å². The lowest BCUT2D eigenvalue weighted by Crippen LogP contribution is -2.41. The van der Waals surface area contributed by atoms with Crippen molar-refractivity contribution in [2.75, 3.05) is 7.05 Å². The van der Waals surface area contributed by atoms with Crippen LogP contribution in [0.25, 0.3) is 11.4 Å². The standard InChI is InChI=1S/C16H18FN5O2S/c1-9(14(23)19-15(24)18-2)25-16-21-20-13(22(16)10-7-8-10)11-5-3-4-6-12(11)17/h3-6,9-10H,7-8H2,1-2H3,(H2,18,19,23,24)/t9-/m0/s1. The van der Waals surface area contributed by atoms with Gasteiger partial charge in [-0.3, -0.25) is 14.7 Å². The van der Waals surface area contributed by atoms with Crippen molar-refractivity contribution in [3.63, 3.8) is 0 Å². The smallest absolute Gasteiger partial charge is 0.321 e. The number of rotatable bonds is 5. The monoisotopic (exact) mass is 363 g/mol. The highest BCUT2D eigenvalue weighted by Gasteiger charge is 2.32. The van der Waals surface area contributed by atoms with Crippen LogP contribution < -0.4 is 10.6 Å². The summed E-state index contributed by atoms with van der Waals surface area (Å²) >= 11 is 1.20. The minimum Gasteiger partial charge on any atom is -0.341 e. The van der Waals surface area contributed by atoms with Crippen molar-refractivity contribution in [1.82, 2.24) is 25.4 Å². The molecule has 1 heterocycles. The van der Waals surface area contributed by atoms with Crippen LogP contribution in [0.15, 0.2) is 29.4 Å². The minimum atomic E-state index is -0.562. The summed E-state index contributed by atoms with van der Waals surface area (Å²) in [7, 11) is 1.44. The zero-order chi connectivity index (χ0) is 18.0. The lowest BCUT2D eigenvalue weighted by Gasteiger charge is -2.13. The van der Waals surface area contributed by atoms with E-state index in [0.29, 0.717) is 16.5 Å². The zero-order valence-electron chi connectivity index (χ0n) is 13.8. The van der Waals surface area contributed by atoms with Crippen molar-refractivity contribution in [2.45, 2.75) is 36.2 Å². The third kappa shape index (κ3) is 3.81. The summed E-state index contributed by atoms with van der Waals surface area (Å²) in [5, 5.41) is 12.8. The summed E-state index contributed by atoms with van der Waals surface area (Å²) in [6.07, 6.45) is 1.93. The lowest BCUT2D eigenvalue weighted by atomic mass is 10.2. The largest absolute Gasteiger partial charge is 0.341 e. The molecular weight excluding hydrogens is 345 g/mol. The van der Waals surface area contributed by atoms with E-state index < -0.39 is 17.2 Å². The summed E-state index contributed by atoms with van der Waals surface area (Å²) in [4.78, 5) is 23.3. The van der Waals surface area contributed by atoms with Crippen LogP contribution in [-0.2, 0) is 4.79 Å². The fourth-order valence-corrected chi connectivity index (χ4v) is 3.25. The van der Waals surface area contributed by atoms with Gasteiger partial charge in [-0.15, -0.1) is 10.2 Å². The number of aromatic nitrogens is 3. The molecule has 0 aliphatic heterocycles. The van der Waals surface area contributed by atoms with Crippen LogP contribution in [0, 0.1) is 5.82 Å². The van der Waals surface area contributed by atoms with Gasteiger partial charge < -0.3 is 5.32 Å². The van der Waals surface area contributed by atoms with E-state index in [0.717, 1.165) is 12.8 Å². The molecular formula is C16H18FN5O2S. The van der Waals surface area contributed by atoms with Gasteiger partial charge in [0.05, 0.1) is 10.8 Å². The number of imide groups is 1. The molecule has 3 amide bonds. The number of carbonyl (C=O) groups is 2. The Labute approximate surface area is 148 Å². The number of benzene rings is 1. The molecule has 1 aliphatic rings. The molecule has 1 aromatic heterocycles. The maximum atomic E-state index is 14.1. The van der Waals surface area contributed by atoms with E-state index in [1.54, 1.807) is 25.1 Å². The summed E-state index contributed by atoms with van der Waals surface area (Å²) in [6, 6.07) is 6.06. The van der Waals surface area contributed by atoms with Crippen molar-refractivity contribution < 1.29 is 14.0 Å². The van der Waals surface area contributed by atoms with Gasteiger partial charge in [0.1, 0.15) is 5.82 Å². The summed E-state index contributed by atoms with van der Waals surface area (Å²) < 4.78 is 16.0. The second kappa shape index (κ2) is 7.22. The molecule has 9 heteroatoms. The normalized spacial score (nSPS) is 14.8. The Bertz CT molecular complexity index is 806. The average Bonchev–Trinajstić information content (AvgIpc) is 3.36. The minimum absolute atomic E-state index is 0.210. The number of hydrogen-bond acceptors (Lipinski definition) is 5. The molecule has 2 aromatic rings. The lowest BCUT2D eigenvalue weighted by molar-refractivity contribution is -0.119. The van der Waals surface area contributed by atoms with Crippen LogP contribution in [0.2, 0.25) is 0 Å². The Morgan fingerprint density at radius 1 is 1.32 bits per heavy atom. The van der Waals surface area contributed by atoms with E-state index in [2.05, 4.69) is 20.8 Å². The van der Waals surface area contributed by atoms with Crippen molar-refractivity contribution >= 4 is 23.7 Å². The van der Waals surface area contributed by atoms with Crippen LogP contribution in [0.3, 0.4) is 0 Å². The first-order chi connectivity index (χ1) is 12.0. The second-order valence-electron chi connectivity index (χ2n) is 5.72. The molecule has 132 valence electrons. The second-order valence-corrected chi connectivity index (χ2v) is 7.02. The molecule has 1 aromatic carbocycles. The highest BCUT2D eigenvalue weighted by atomic mass is 32.2. The quantitative estimate of drug-likeness (QED) is 0.796. The van der Waals surface area contributed by atoms with E-state index in [-0.39, 0.29) is 11.9 Å². The predicted octanol–water partition coefficient (Wildman–Crippen LogP) is 2.36. The van der Waals surface area contributed by atoms with Crippen LogP contribution in [-0.4, -0.2) is 39.0 Å². The molecule has 1 saturated carbocycles. The molecule has 3 rings (SSSR count). The number of amides is 3. The number of hydrogen-bond donors (Lipinski definition) is 2. The number of nitrogens with one attached hydrogen (secondary N) is 2. The van der Waals surface area contributed by atoms with Gasteiger partial charge in [0.15, 0.2) is 11.0 Å². The molecule has 2 N–H and O–H groups in total. The van der Waals surface area contributed by atoms with E-state index in [1.165, 1.54) is 24.9 Å². The molecule has 1 aliphatic carbocycles. The fourth-order valence-electron chi connectivity index (χ4n) is 2.33. The first kappa shape index (κ1) is 17.4. The maximum absolute atomic E-state index is 14.1. The van der Waals surface area contributed by atoms with Crippen molar-refractivity contribution in [2.24, 2.45) is 0 Å². The van der Waals surface area contributed by atoms with Gasteiger partial charge in [-0.05, 0) is 31.9 Å². The molecule has 0 saturated heterocycles. The topological polar surface area (TPSA) is 88.9 Å².